The van der Waals surface area contributed by atoms with Gasteiger partial charge in [-0.05, 0) is 37.0 Å². The molecule has 0 aromatic heterocycles. The van der Waals surface area contributed by atoms with Gasteiger partial charge in [-0.1, -0.05) is 26.8 Å². The number of hydrogen-bond acceptors (Lipinski definition) is 3. The van der Waals surface area contributed by atoms with Crippen LogP contribution in [0.3, 0.4) is 0 Å². The second kappa shape index (κ2) is 6.43. The van der Waals surface area contributed by atoms with Gasteiger partial charge < -0.3 is 10.1 Å². The van der Waals surface area contributed by atoms with E-state index in [4.69, 9.17) is 4.74 Å². The maximum atomic E-state index is 11.6. The first-order valence-electron chi connectivity index (χ1n) is 6.45. The summed E-state index contributed by atoms with van der Waals surface area (Å²) in [6.07, 6.45) is 1.06. The van der Waals surface area contributed by atoms with Gasteiger partial charge in [0.2, 0.25) is 0 Å². The molecule has 1 rings (SSSR count). The third-order valence-electron chi connectivity index (χ3n) is 3.32. The Morgan fingerprint density at radius 1 is 1.39 bits per heavy atom. The number of methoxy groups -OCH3 is 1. The van der Waals surface area contributed by atoms with Gasteiger partial charge in [-0.15, -0.1) is 0 Å². The van der Waals surface area contributed by atoms with E-state index in [0.717, 1.165) is 17.7 Å². The summed E-state index contributed by atoms with van der Waals surface area (Å²) in [6, 6.07) is 6.10. The molecule has 0 amide bonds. The molecule has 0 aliphatic carbocycles. The highest BCUT2D eigenvalue weighted by atomic mass is 16.5. The van der Waals surface area contributed by atoms with Gasteiger partial charge in [-0.2, -0.15) is 0 Å². The van der Waals surface area contributed by atoms with Crippen molar-refractivity contribution in [3.05, 3.63) is 29.3 Å². The highest BCUT2D eigenvalue weighted by Gasteiger charge is 2.15. The van der Waals surface area contributed by atoms with Crippen molar-refractivity contribution in [2.75, 3.05) is 12.4 Å². The van der Waals surface area contributed by atoms with E-state index in [2.05, 4.69) is 26.1 Å². The minimum Gasteiger partial charge on any atom is -0.465 e. The fourth-order valence-electron chi connectivity index (χ4n) is 2.06. The summed E-state index contributed by atoms with van der Waals surface area (Å²) in [5.41, 5.74) is 2.59. The second-order valence-electron chi connectivity index (χ2n) is 4.87. The topological polar surface area (TPSA) is 38.3 Å². The van der Waals surface area contributed by atoms with Crippen LogP contribution >= 0.6 is 0 Å². The normalized spacial score (nSPS) is 12.3. The smallest absolute Gasteiger partial charge is 0.338 e. The van der Waals surface area contributed by atoms with Crippen LogP contribution in [-0.2, 0) is 4.74 Å². The molecule has 0 heterocycles. The van der Waals surface area contributed by atoms with Crippen molar-refractivity contribution in [3.63, 3.8) is 0 Å². The lowest BCUT2D eigenvalue weighted by atomic mass is 10.00. The average molecular weight is 249 g/mol. The van der Waals surface area contributed by atoms with Gasteiger partial charge in [0.05, 0.1) is 12.7 Å². The Kier molecular flexibility index (Phi) is 5.20. The Hall–Kier alpha value is -1.51. The standard InChI is InChI=1S/C15H23NO2/c1-6-13(10(2)3)16-14-9-7-8-12(11(14)4)15(17)18-5/h7-10,13,16H,6H2,1-5H3. The number of esters is 1. The minimum absolute atomic E-state index is 0.284. The van der Waals surface area contributed by atoms with Crippen LogP contribution in [0.4, 0.5) is 5.69 Å². The second-order valence-corrected chi connectivity index (χ2v) is 4.87. The Bertz CT molecular complexity index is 413. The first kappa shape index (κ1) is 14.6. The molecule has 1 aromatic rings. The quantitative estimate of drug-likeness (QED) is 0.810. The summed E-state index contributed by atoms with van der Waals surface area (Å²) in [6.45, 7) is 8.50. The monoisotopic (exact) mass is 249 g/mol. The molecule has 0 radical (unpaired) electrons. The Balaban J connectivity index is 3.00. The molecule has 0 saturated heterocycles. The van der Waals surface area contributed by atoms with Gasteiger partial charge in [0.15, 0.2) is 0 Å². The lowest BCUT2D eigenvalue weighted by Gasteiger charge is -2.23. The first-order chi connectivity index (χ1) is 8.51. The molecule has 3 heteroatoms. The molecule has 0 saturated carbocycles. The predicted octanol–water partition coefficient (Wildman–Crippen LogP) is 3.63. The van der Waals surface area contributed by atoms with Crippen LogP contribution in [0.1, 0.15) is 43.1 Å². The number of carbonyl (C=O) groups excluding carboxylic acids is 1. The molecular formula is C15H23NO2. The van der Waals surface area contributed by atoms with Crippen molar-refractivity contribution in [3.8, 4) is 0 Å². The number of carbonyl (C=O) groups is 1. The van der Waals surface area contributed by atoms with Crippen LogP contribution in [0.15, 0.2) is 18.2 Å². The first-order valence-corrected chi connectivity index (χ1v) is 6.45. The molecule has 1 N–H and O–H groups in total. The number of rotatable bonds is 5. The van der Waals surface area contributed by atoms with Crippen LogP contribution < -0.4 is 5.32 Å². The minimum atomic E-state index is -0.284. The van der Waals surface area contributed by atoms with E-state index in [-0.39, 0.29) is 5.97 Å². The highest BCUT2D eigenvalue weighted by Crippen LogP contribution is 2.22. The number of nitrogens with one attached hydrogen (secondary N) is 1. The van der Waals surface area contributed by atoms with Gasteiger partial charge >= 0.3 is 5.97 Å². The zero-order chi connectivity index (χ0) is 13.7. The molecule has 18 heavy (non-hydrogen) atoms. The molecule has 0 bridgehead atoms. The third-order valence-corrected chi connectivity index (χ3v) is 3.32. The molecule has 3 nitrogen and oxygen atoms in total. The van der Waals surface area contributed by atoms with E-state index in [1.54, 1.807) is 6.07 Å². The molecule has 100 valence electrons. The van der Waals surface area contributed by atoms with Crippen molar-refractivity contribution in [1.29, 1.82) is 0 Å². The molecule has 1 atom stereocenters. The van der Waals surface area contributed by atoms with E-state index in [1.807, 2.05) is 19.1 Å². The molecule has 0 fully saturated rings. The van der Waals surface area contributed by atoms with Gasteiger partial charge in [0.25, 0.3) is 0 Å². The van der Waals surface area contributed by atoms with Crippen LogP contribution in [0.2, 0.25) is 0 Å². The average Bonchev–Trinajstić information content (AvgIpc) is 2.36. The third kappa shape index (κ3) is 3.25. The van der Waals surface area contributed by atoms with Crippen LogP contribution in [0.5, 0.6) is 0 Å². The van der Waals surface area contributed by atoms with E-state index in [9.17, 15) is 4.79 Å². The van der Waals surface area contributed by atoms with E-state index in [0.29, 0.717) is 17.5 Å². The van der Waals surface area contributed by atoms with Crippen molar-refractivity contribution >= 4 is 11.7 Å². The maximum Gasteiger partial charge on any atom is 0.338 e. The summed E-state index contributed by atoms with van der Waals surface area (Å²) < 4.78 is 4.78. The zero-order valence-electron chi connectivity index (χ0n) is 11.9. The van der Waals surface area contributed by atoms with Gasteiger partial charge in [0, 0.05) is 11.7 Å². The Morgan fingerprint density at radius 2 is 2.06 bits per heavy atom. The highest BCUT2D eigenvalue weighted by molar-refractivity contribution is 5.92. The lowest BCUT2D eigenvalue weighted by molar-refractivity contribution is 0.0600. The van der Waals surface area contributed by atoms with E-state index < -0.39 is 0 Å². The Labute approximate surface area is 110 Å². The summed E-state index contributed by atoms with van der Waals surface area (Å²) in [4.78, 5) is 11.6. The number of anilines is 1. The number of ether oxygens (including phenoxy) is 1. The Morgan fingerprint density at radius 3 is 2.56 bits per heavy atom. The molecule has 0 spiro atoms. The molecule has 1 unspecified atom stereocenters. The van der Waals surface area contributed by atoms with Gasteiger partial charge in [-0.3, -0.25) is 0 Å². The van der Waals surface area contributed by atoms with E-state index >= 15 is 0 Å². The van der Waals surface area contributed by atoms with Crippen LogP contribution in [0, 0.1) is 12.8 Å². The molecule has 1 aromatic carbocycles. The fraction of sp³-hybridized carbons (Fsp3) is 0.533. The van der Waals surface area contributed by atoms with Gasteiger partial charge in [0.1, 0.15) is 0 Å². The van der Waals surface area contributed by atoms with E-state index in [1.165, 1.54) is 7.11 Å². The lowest BCUT2D eigenvalue weighted by Crippen LogP contribution is -2.25. The maximum absolute atomic E-state index is 11.6. The van der Waals surface area contributed by atoms with Gasteiger partial charge in [-0.25, -0.2) is 4.79 Å². The van der Waals surface area contributed by atoms with Crippen molar-refractivity contribution < 1.29 is 9.53 Å². The fourth-order valence-corrected chi connectivity index (χ4v) is 2.06. The van der Waals surface area contributed by atoms with Crippen LogP contribution in [0.25, 0.3) is 0 Å². The summed E-state index contributed by atoms with van der Waals surface area (Å²) >= 11 is 0. The number of benzene rings is 1. The predicted molar refractivity (Wildman–Crippen MR) is 75.1 cm³/mol. The zero-order valence-corrected chi connectivity index (χ0v) is 11.9. The largest absolute Gasteiger partial charge is 0.465 e. The summed E-state index contributed by atoms with van der Waals surface area (Å²) in [5, 5.41) is 3.51. The van der Waals surface area contributed by atoms with Crippen LogP contribution in [-0.4, -0.2) is 19.1 Å². The van der Waals surface area contributed by atoms with Crippen molar-refractivity contribution in [1.82, 2.24) is 0 Å². The van der Waals surface area contributed by atoms with Crippen molar-refractivity contribution in [2.45, 2.75) is 40.2 Å². The SMILES string of the molecule is CCC(Nc1cccc(C(=O)OC)c1C)C(C)C. The molecule has 0 aliphatic heterocycles. The molecular weight excluding hydrogens is 226 g/mol. The summed E-state index contributed by atoms with van der Waals surface area (Å²) in [5.74, 6) is 0.268. The summed E-state index contributed by atoms with van der Waals surface area (Å²) in [7, 11) is 1.41. The van der Waals surface area contributed by atoms with Crippen molar-refractivity contribution in [2.24, 2.45) is 5.92 Å². The molecule has 0 aliphatic rings. The number of hydrogen-bond donors (Lipinski definition) is 1.